The van der Waals surface area contributed by atoms with Crippen LogP contribution in [0.5, 0.6) is 0 Å². The van der Waals surface area contributed by atoms with Crippen molar-refractivity contribution in [3.63, 3.8) is 0 Å². The Kier molecular flexibility index (Phi) is 5.42. The lowest BCUT2D eigenvalue weighted by Crippen LogP contribution is -2.39. The van der Waals surface area contributed by atoms with E-state index in [0.29, 0.717) is 30.0 Å². The summed E-state index contributed by atoms with van der Waals surface area (Å²) in [4.78, 5) is 27.8. The largest absolute Gasteiger partial charge is 0.433 e. The molecule has 1 fully saturated rings. The summed E-state index contributed by atoms with van der Waals surface area (Å²) < 4.78 is 41.4. The van der Waals surface area contributed by atoms with Gasteiger partial charge in [-0.05, 0) is 32.3 Å². The number of fused-ring (bicyclic) bond motifs is 1. The molecule has 1 aliphatic heterocycles. The summed E-state index contributed by atoms with van der Waals surface area (Å²) in [6, 6.07) is 2.07. The first-order chi connectivity index (χ1) is 14.9. The summed E-state index contributed by atoms with van der Waals surface area (Å²) in [6.45, 7) is 7.95. The summed E-state index contributed by atoms with van der Waals surface area (Å²) in [5.41, 5.74) is -0.0155. The van der Waals surface area contributed by atoms with Gasteiger partial charge in [-0.25, -0.2) is 19.5 Å². The number of aromatic nitrogens is 5. The molecule has 1 aliphatic rings. The van der Waals surface area contributed by atoms with Crippen molar-refractivity contribution in [1.82, 2.24) is 29.5 Å². The highest BCUT2D eigenvalue weighted by Crippen LogP contribution is 2.34. The zero-order chi connectivity index (χ0) is 23.3. The van der Waals surface area contributed by atoms with Gasteiger partial charge < -0.3 is 4.90 Å². The first-order valence-electron chi connectivity index (χ1n) is 10.5. The highest BCUT2D eigenvalue weighted by molar-refractivity contribution is 5.94. The standard InChI is InChI=1S/C22H25F3N6O/c1-13-9-17(22(23,24)25)31-18(28-13)10-15(29-31)16-7-5-6-8-30(16)19(32)14-11-26-20(27-12-14)21(2,3)4/h9-12,16H,5-8H2,1-4H3. The second-order valence-electron chi connectivity index (χ2n) is 9.18. The molecule has 32 heavy (non-hydrogen) atoms. The number of carbonyl (C=O) groups excluding carboxylic acids is 1. The molecule has 3 aromatic rings. The van der Waals surface area contributed by atoms with Gasteiger partial charge in [-0.1, -0.05) is 20.8 Å². The Bertz CT molecular complexity index is 1150. The van der Waals surface area contributed by atoms with Crippen molar-refractivity contribution in [2.75, 3.05) is 6.54 Å². The Balaban J connectivity index is 1.70. The van der Waals surface area contributed by atoms with Crippen molar-refractivity contribution in [1.29, 1.82) is 0 Å². The number of carbonyl (C=O) groups is 1. The van der Waals surface area contributed by atoms with Crippen molar-refractivity contribution in [2.45, 2.75) is 64.6 Å². The van der Waals surface area contributed by atoms with Crippen molar-refractivity contribution < 1.29 is 18.0 Å². The van der Waals surface area contributed by atoms with Crippen LogP contribution >= 0.6 is 0 Å². The Morgan fingerprint density at radius 3 is 2.41 bits per heavy atom. The second kappa shape index (κ2) is 7.83. The Morgan fingerprint density at radius 2 is 1.78 bits per heavy atom. The van der Waals surface area contributed by atoms with Crippen LogP contribution in [0.2, 0.25) is 0 Å². The summed E-state index contributed by atoms with van der Waals surface area (Å²) in [7, 11) is 0. The number of halogens is 3. The van der Waals surface area contributed by atoms with E-state index in [-0.39, 0.29) is 22.7 Å². The normalized spacial score (nSPS) is 17.7. The molecule has 4 heterocycles. The molecule has 3 aromatic heterocycles. The minimum atomic E-state index is -4.57. The van der Waals surface area contributed by atoms with E-state index in [0.717, 1.165) is 23.4 Å². The molecule has 0 bridgehead atoms. The van der Waals surface area contributed by atoms with E-state index in [2.05, 4.69) is 20.1 Å². The highest BCUT2D eigenvalue weighted by atomic mass is 19.4. The Labute approximate surface area is 183 Å². The third kappa shape index (κ3) is 4.18. The van der Waals surface area contributed by atoms with Gasteiger partial charge in [0.2, 0.25) is 0 Å². The minimum absolute atomic E-state index is 0.114. The van der Waals surface area contributed by atoms with Crippen LogP contribution in [0.15, 0.2) is 24.5 Å². The van der Waals surface area contributed by atoms with Crippen molar-refractivity contribution in [3.8, 4) is 0 Å². The van der Waals surface area contributed by atoms with E-state index in [1.54, 1.807) is 4.90 Å². The number of alkyl halides is 3. The molecule has 0 radical (unpaired) electrons. The van der Waals surface area contributed by atoms with E-state index in [1.165, 1.54) is 25.4 Å². The van der Waals surface area contributed by atoms with Gasteiger partial charge in [-0.3, -0.25) is 4.79 Å². The van der Waals surface area contributed by atoms with E-state index >= 15 is 0 Å². The molecular weight excluding hydrogens is 421 g/mol. The number of rotatable bonds is 2. The molecule has 4 rings (SSSR count). The van der Waals surface area contributed by atoms with Crippen LogP contribution < -0.4 is 0 Å². The van der Waals surface area contributed by atoms with Crippen molar-refractivity contribution in [2.24, 2.45) is 0 Å². The monoisotopic (exact) mass is 446 g/mol. The molecule has 1 atom stereocenters. The van der Waals surface area contributed by atoms with Crippen LogP contribution in [-0.2, 0) is 11.6 Å². The molecule has 0 aromatic carbocycles. The van der Waals surface area contributed by atoms with Gasteiger partial charge in [-0.15, -0.1) is 0 Å². The number of piperidine rings is 1. The fourth-order valence-electron chi connectivity index (χ4n) is 3.96. The van der Waals surface area contributed by atoms with Crippen LogP contribution in [0.4, 0.5) is 13.2 Å². The van der Waals surface area contributed by atoms with Gasteiger partial charge in [0.1, 0.15) is 11.5 Å². The molecule has 7 nitrogen and oxygen atoms in total. The SMILES string of the molecule is Cc1cc(C(F)(F)F)n2nc(C3CCCCN3C(=O)c3cnc(C(C)(C)C)nc3)cc2n1. The molecule has 0 aliphatic carbocycles. The quantitative estimate of drug-likeness (QED) is 0.579. The molecule has 170 valence electrons. The highest BCUT2D eigenvalue weighted by Gasteiger charge is 2.36. The number of hydrogen-bond acceptors (Lipinski definition) is 5. The maximum absolute atomic E-state index is 13.5. The molecule has 1 unspecified atom stereocenters. The number of aryl methyl sites for hydroxylation is 1. The van der Waals surface area contributed by atoms with Crippen LogP contribution in [0, 0.1) is 6.92 Å². The van der Waals surface area contributed by atoms with Crippen LogP contribution in [0.25, 0.3) is 5.65 Å². The molecular formula is C22H25F3N6O. The predicted octanol–water partition coefficient (Wildman–Crippen LogP) is 4.51. The number of likely N-dealkylation sites (tertiary alicyclic amines) is 1. The first-order valence-corrected chi connectivity index (χ1v) is 10.5. The minimum Gasteiger partial charge on any atom is -0.330 e. The number of amides is 1. The average Bonchev–Trinajstić information content (AvgIpc) is 3.15. The smallest absolute Gasteiger partial charge is 0.330 e. The zero-order valence-electron chi connectivity index (χ0n) is 18.4. The third-order valence-corrected chi connectivity index (χ3v) is 5.54. The molecule has 1 saturated heterocycles. The van der Waals surface area contributed by atoms with Gasteiger partial charge in [0.15, 0.2) is 5.65 Å². The van der Waals surface area contributed by atoms with Crippen LogP contribution in [0.1, 0.15) is 79.3 Å². The molecule has 0 N–H and O–H groups in total. The van der Waals surface area contributed by atoms with E-state index in [4.69, 9.17) is 0 Å². The maximum atomic E-state index is 13.5. The fourth-order valence-corrected chi connectivity index (χ4v) is 3.96. The van der Waals surface area contributed by atoms with Crippen LogP contribution in [-0.4, -0.2) is 41.9 Å². The topological polar surface area (TPSA) is 76.3 Å². The average molecular weight is 446 g/mol. The van der Waals surface area contributed by atoms with Gasteiger partial charge in [0.05, 0.1) is 17.3 Å². The fraction of sp³-hybridized carbons (Fsp3) is 0.500. The summed E-state index contributed by atoms with van der Waals surface area (Å²) >= 11 is 0. The number of hydrogen-bond donors (Lipinski definition) is 0. The first kappa shape index (κ1) is 22.2. The van der Waals surface area contributed by atoms with Gasteiger partial charge in [-0.2, -0.15) is 18.3 Å². The van der Waals surface area contributed by atoms with E-state index < -0.39 is 17.9 Å². The van der Waals surface area contributed by atoms with Crippen molar-refractivity contribution >= 4 is 11.6 Å². The molecule has 1 amide bonds. The lowest BCUT2D eigenvalue weighted by molar-refractivity contribution is -0.142. The Hall–Kier alpha value is -3.04. The van der Waals surface area contributed by atoms with Crippen molar-refractivity contribution in [3.05, 3.63) is 53.0 Å². The molecule has 0 spiro atoms. The van der Waals surface area contributed by atoms with E-state index in [1.807, 2.05) is 20.8 Å². The summed E-state index contributed by atoms with van der Waals surface area (Å²) in [5.74, 6) is 0.373. The Morgan fingerprint density at radius 1 is 1.09 bits per heavy atom. The van der Waals surface area contributed by atoms with Crippen LogP contribution in [0.3, 0.4) is 0 Å². The van der Waals surface area contributed by atoms with Gasteiger partial charge in [0.25, 0.3) is 5.91 Å². The molecule has 10 heteroatoms. The second-order valence-corrected chi connectivity index (χ2v) is 9.18. The summed E-state index contributed by atoms with van der Waals surface area (Å²) in [6.07, 6.45) is 0.720. The third-order valence-electron chi connectivity index (χ3n) is 5.54. The molecule has 0 saturated carbocycles. The van der Waals surface area contributed by atoms with Gasteiger partial charge in [0, 0.05) is 36.1 Å². The van der Waals surface area contributed by atoms with Gasteiger partial charge >= 0.3 is 6.18 Å². The zero-order valence-corrected chi connectivity index (χ0v) is 18.4. The summed E-state index contributed by atoms with van der Waals surface area (Å²) in [5, 5.41) is 4.23. The maximum Gasteiger partial charge on any atom is 0.433 e. The number of nitrogens with zero attached hydrogens (tertiary/aromatic N) is 6. The predicted molar refractivity (Wildman–Crippen MR) is 111 cm³/mol. The van der Waals surface area contributed by atoms with E-state index in [9.17, 15) is 18.0 Å². The lowest BCUT2D eigenvalue weighted by Gasteiger charge is -2.34. The lowest BCUT2D eigenvalue weighted by atomic mass is 9.95.